The molecule has 3 aromatic rings. The van der Waals surface area contributed by atoms with E-state index in [0.29, 0.717) is 5.56 Å². The van der Waals surface area contributed by atoms with Crippen LogP contribution >= 0.6 is 11.3 Å². The number of hydrogen-bond donors (Lipinski definition) is 1. The highest BCUT2D eigenvalue weighted by molar-refractivity contribution is 7.19. The number of hydrogen-bond acceptors (Lipinski definition) is 4. The van der Waals surface area contributed by atoms with Crippen LogP contribution in [0, 0.1) is 0 Å². The number of aromatic carboxylic acids is 1. The molecule has 0 unspecified atom stereocenters. The van der Waals surface area contributed by atoms with E-state index >= 15 is 0 Å². The van der Waals surface area contributed by atoms with Crippen LogP contribution in [0.3, 0.4) is 0 Å². The van der Waals surface area contributed by atoms with Crippen molar-refractivity contribution in [2.45, 2.75) is 26.3 Å². The number of ether oxygens (including phenoxy) is 2. The van der Waals surface area contributed by atoms with Gasteiger partial charge in [0.1, 0.15) is 17.9 Å². The van der Waals surface area contributed by atoms with Gasteiger partial charge < -0.3 is 14.6 Å². The number of alkyl halides is 3. The van der Waals surface area contributed by atoms with Crippen molar-refractivity contribution in [1.82, 2.24) is 0 Å². The fourth-order valence-corrected chi connectivity index (χ4v) is 3.66. The number of fused-ring (bicyclic) bond motifs is 1. The lowest BCUT2D eigenvalue weighted by atomic mass is 10.1. The normalized spacial score (nSPS) is 11.6. The maximum atomic E-state index is 12.2. The van der Waals surface area contributed by atoms with Gasteiger partial charge >= 0.3 is 12.3 Å². The molecular weight excluding hydrogens is 381 g/mol. The van der Waals surface area contributed by atoms with Crippen LogP contribution in [0.25, 0.3) is 10.1 Å². The average Bonchev–Trinajstić information content (AvgIpc) is 3.03. The lowest BCUT2D eigenvalue weighted by Crippen LogP contribution is -2.17. The predicted molar refractivity (Wildman–Crippen MR) is 95.6 cm³/mol. The van der Waals surface area contributed by atoms with Gasteiger partial charge in [0.15, 0.2) is 5.75 Å². The standard InChI is InChI=1S/C19H15F3O4S/c1-2-14-9-12-5-8-15(18(23)24)16(17(12)27-14)25-10-11-3-6-13(7-4-11)26-19(20,21)22/h3-9H,2,10H2,1H3,(H,23,24). The van der Waals surface area contributed by atoms with E-state index in [4.69, 9.17) is 4.74 Å². The minimum atomic E-state index is -4.75. The molecule has 0 bridgehead atoms. The zero-order valence-corrected chi connectivity index (χ0v) is 15.0. The Morgan fingerprint density at radius 3 is 2.44 bits per heavy atom. The smallest absolute Gasteiger partial charge is 0.486 e. The van der Waals surface area contributed by atoms with Crippen molar-refractivity contribution in [2.75, 3.05) is 0 Å². The summed E-state index contributed by atoms with van der Waals surface area (Å²) in [5.41, 5.74) is 0.633. The molecule has 0 fully saturated rings. The van der Waals surface area contributed by atoms with Crippen molar-refractivity contribution < 1.29 is 32.5 Å². The molecule has 0 saturated carbocycles. The lowest BCUT2D eigenvalue weighted by Gasteiger charge is -2.12. The summed E-state index contributed by atoms with van der Waals surface area (Å²) >= 11 is 1.47. The Bertz CT molecular complexity index is 961. The molecule has 0 saturated heterocycles. The molecule has 4 nitrogen and oxygen atoms in total. The highest BCUT2D eigenvalue weighted by Crippen LogP contribution is 2.37. The van der Waals surface area contributed by atoms with Crippen molar-refractivity contribution in [3.05, 3.63) is 58.5 Å². The molecule has 1 heterocycles. The van der Waals surface area contributed by atoms with Crippen LogP contribution in [-0.4, -0.2) is 17.4 Å². The molecule has 0 atom stereocenters. The monoisotopic (exact) mass is 396 g/mol. The van der Waals surface area contributed by atoms with Gasteiger partial charge in [0.25, 0.3) is 0 Å². The van der Waals surface area contributed by atoms with Gasteiger partial charge in [-0.1, -0.05) is 25.1 Å². The molecule has 8 heteroatoms. The van der Waals surface area contributed by atoms with Crippen LogP contribution in [-0.2, 0) is 13.0 Å². The molecule has 27 heavy (non-hydrogen) atoms. The molecule has 0 radical (unpaired) electrons. The Hall–Kier alpha value is -2.74. The first-order chi connectivity index (χ1) is 12.8. The minimum absolute atomic E-state index is 0.0189. The largest absolute Gasteiger partial charge is 0.573 e. The summed E-state index contributed by atoms with van der Waals surface area (Å²) < 4.78 is 47.0. The van der Waals surface area contributed by atoms with Crippen LogP contribution in [0.4, 0.5) is 13.2 Å². The fraction of sp³-hybridized carbons (Fsp3) is 0.211. The Labute approximate surface area is 156 Å². The number of thiophene rings is 1. The average molecular weight is 396 g/mol. The second-order valence-corrected chi connectivity index (χ2v) is 6.85. The Kier molecular flexibility index (Phi) is 5.27. The van der Waals surface area contributed by atoms with Crippen molar-refractivity contribution in [3.63, 3.8) is 0 Å². The summed E-state index contributed by atoms with van der Waals surface area (Å²) in [6.07, 6.45) is -3.93. The number of rotatable bonds is 6. The van der Waals surface area contributed by atoms with Crippen molar-refractivity contribution >= 4 is 27.4 Å². The van der Waals surface area contributed by atoms with E-state index in [1.54, 1.807) is 6.07 Å². The third kappa shape index (κ3) is 4.51. The third-order valence-electron chi connectivity index (χ3n) is 3.81. The van der Waals surface area contributed by atoms with Crippen LogP contribution in [0.15, 0.2) is 42.5 Å². The maximum Gasteiger partial charge on any atom is 0.573 e. The first kappa shape index (κ1) is 19.0. The Morgan fingerprint density at radius 2 is 1.85 bits per heavy atom. The Balaban J connectivity index is 1.84. The van der Waals surface area contributed by atoms with Gasteiger partial charge in [0.2, 0.25) is 0 Å². The first-order valence-corrected chi connectivity index (χ1v) is 8.84. The van der Waals surface area contributed by atoms with Gasteiger partial charge in [0.05, 0.1) is 4.70 Å². The SMILES string of the molecule is CCc1cc2ccc(C(=O)O)c(OCc3ccc(OC(F)(F)F)cc3)c2s1. The summed E-state index contributed by atoms with van der Waals surface area (Å²) in [7, 11) is 0. The van der Waals surface area contributed by atoms with E-state index in [1.165, 1.54) is 41.7 Å². The number of carbonyl (C=O) groups is 1. The second kappa shape index (κ2) is 7.48. The number of carboxylic acids is 1. The van der Waals surface area contributed by atoms with Crippen LogP contribution in [0.2, 0.25) is 0 Å². The summed E-state index contributed by atoms with van der Waals surface area (Å²) in [4.78, 5) is 12.6. The van der Waals surface area contributed by atoms with Crippen molar-refractivity contribution in [3.8, 4) is 11.5 Å². The fourth-order valence-electron chi connectivity index (χ4n) is 2.56. The molecule has 3 rings (SSSR count). The summed E-state index contributed by atoms with van der Waals surface area (Å²) in [5.74, 6) is -1.17. The van der Waals surface area contributed by atoms with E-state index in [1.807, 2.05) is 13.0 Å². The zero-order valence-electron chi connectivity index (χ0n) is 14.2. The van der Waals surface area contributed by atoms with E-state index in [9.17, 15) is 23.1 Å². The van der Waals surface area contributed by atoms with Gasteiger partial charge in [-0.2, -0.15) is 0 Å². The molecule has 1 N–H and O–H groups in total. The van der Waals surface area contributed by atoms with Crippen LogP contribution in [0.5, 0.6) is 11.5 Å². The molecular formula is C19H15F3O4S. The maximum absolute atomic E-state index is 12.2. The predicted octanol–water partition coefficient (Wildman–Crippen LogP) is 5.64. The van der Waals surface area contributed by atoms with Crippen LogP contribution in [0.1, 0.15) is 27.7 Å². The minimum Gasteiger partial charge on any atom is -0.486 e. The Morgan fingerprint density at radius 1 is 1.15 bits per heavy atom. The summed E-state index contributed by atoms with van der Waals surface area (Å²) in [6, 6.07) is 10.5. The number of halogens is 3. The van der Waals surface area contributed by atoms with Crippen molar-refractivity contribution in [1.29, 1.82) is 0 Å². The number of aryl methyl sites for hydroxylation is 1. The van der Waals surface area contributed by atoms with Gasteiger partial charge in [0, 0.05) is 4.88 Å². The molecule has 0 aliphatic heterocycles. The molecule has 0 aliphatic carbocycles. The highest BCUT2D eigenvalue weighted by atomic mass is 32.1. The van der Waals surface area contributed by atoms with E-state index in [-0.39, 0.29) is 23.7 Å². The van der Waals surface area contributed by atoms with Gasteiger partial charge in [-0.05, 0) is 41.6 Å². The third-order valence-corrected chi connectivity index (χ3v) is 5.11. The zero-order chi connectivity index (χ0) is 19.6. The van der Waals surface area contributed by atoms with Crippen LogP contribution < -0.4 is 9.47 Å². The highest BCUT2D eigenvalue weighted by Gasteiger charge is 2.31. The van der Waals surface area contributed by atoms with Gasteiger partial charge in [-0.15, -0.1) is 24.5 Å². The molecule has 0 aliphatic rings. The lowest BCUT2D eigenvalue weighted by molar-refractivity contribution is -0.274. The molecule has 0 spiro atoms. The quantitative estimate of drug-likeness (QED) is 0.586. The molecule has 142 valence electrons. The number of carboxylic acid groups (broad SMARTS) is 1. The number of benzene rings is 2. The summed E-state index contributed by atoms with van der Waals surface area (Å²) in [6.45, 7) is 2.03. The van der Waals surface area contributed by atoms with Gasteiger partial charge in [-0.25, -0.2) is 4.79 Å². The topological polar surface area (TPSA) is 55.8 Å². The molecule has 1 aromatic heterocycles. The molecule has 0 amide bonds. The summed E-state index contributed by atoms with van der Waals surface area (Å²) in [5, 5.41) is 10.3. The first-order valence-electron chi connectivity index (χ1n) is 8.03. The van der Waals surface area contributed by atoms with E-state index in [2.05, 4.69) is 4.74 Å². The van der Waals surface area contributed by atoms with E-state index < -0.39 is 12.3 Å². The van der Waals surface area contributed by atoms with E-state index in [0.717, 1.165) is 21.4 Å². The van der Waals surface area contributed by atoms with Gasteiger partial charge in [-0.3, -0.25) is 0 Å². The molecule has 2 aromatic carbocycles. The second-order valence-electron chi connectivity index (χ2n) is 5.71. The van der Waals surface area contributed by atoms with Crippen molar-refractivity contribution in [2.24, 2.45) is 0 Å².